The van der Waals surface area contributed by atoms with Gasteiger partial charge in [0.25, 0.3) is 0 Å². The van der Waals surface area contributed by atoms with E-state index in [0.717, 1.165) is 5.56 Å². The van der Waals surface area contributed by atoms with Crippen LogP contribution in [0.5, 0.6) is 11.5 Å². The lowest BCUT2D eigenvalue weighted by Gasteiger charge is -2.13. The summed E-state index contributed by atoms with van der Waals surface area (Å²) in [5, 5.41) is 3.20. The van der Waals surface area contributed by atoms with Crippen LogP contribution in [0.25, 0.3) is 0 Å². The number of anilines is 2. The van der Waals surface area contributed by atoms with E-state index >= 15 is 0 Å². The summed E-state index contributed by atoms with van der Waals surface area (Å²) in [6, 6.07) is 8.69. The Morgan fingerprint density at radius 2 is 1.81 bits per heavy atom. The fourth-order valence-corrected chi connectivity index (χ4v) is 2.04. The van der Waals surface area contributed by atoms with Crippen LogP contribution in [0.15, 0.2) is 30.3 Å². The van der Waals surface area contributed by atoms with Crippen molar-refractivity contribution < 1.29 is 13.9 Å². The van der Waals surface area contributed by atoms with Crippen molar-refractivity contribution in [2.75, 3.05) is 25.3 Å². The molecule has 0 aliphatic heterocycles. The van der Waals surface area contributed by atoms with Crippen molar-refractivity contribution in [3.63, 3.8) is 0 Å². The van der Waals surface area contributed by atoms with Gasteiger partial charge in [-0.15, -0.1) is 0 Å². The first kappa shape index (κ1) is 15.0. The van der Waals surface area contributed by atoms with Crippen molar-refractivity contribution in [3.8, 4) is 11.5 Å². The third kappa shape index (κ3) is 3.37. The summed E-state index contributed by atoms with van der Waals surface area (Å²) in [4.78, 5) is 0. The molecule has 2 rings (SSSR count). The second-order valence-electron chi connectivity index (χ2n) is 4.73. The summed E-state index contributed by atoms with van der Waals surface area (Å²) < 4.78 is 23.8. The first-order valence-corrected chi connectivity index (χ1v) is 6.55. The number of hydrogen-bond acceptors (Lipinski definition) is 4. The molecule has 0 saturated carbocycles. The van der Waals surface area contributed by atoms with Gasteiger partial charge in [0.15, 0.2) is 11.5 Å². The summed E-state index contributed by atoms with van der Waals surface area (Å²) in [7, 11) is 3.19. The van der Waals surface area contributed by atoms with Gasteiger partial charge in [-0.05, 0) is 42.3 Å². The van der Waals surface area contributed by atoms with Crippen LogP contribution in [0.1, 0.15) is 11.1 Å². The zero-order chi connectivity index (χ0) is 15.4. The molecule has 0 aromatic heterocycles. The van der Waals surface area contributed by atoms with Gasteiger partial charge in [0.05, 0.1) is 25.6 Å². The molecule has 0 amide bonds. The highest BCUT2D eigenvalue weighted by atomic mass is 19.1. The molecule has 0 radical (unpaired) electrons. The van der Waals surface area contributed by atoms with Gasteiger partial charge in [-0.3, -0.25) is 0 Å². The average molecular weight is 290 g/mol. The molecule has 2 aromatic carbocycles. The first-order chi connectivity index (χ1) is 10.0. The number of methoxy groups -OCH3 is 2. The Balaban J connectivity index is 2.15. The molecule has 0 fully saturated rings. The molecule has 0 atom stereocenters. The van der Waals surface area contributed by atoms with E-state index in [1.54, 1.807) is 27.2 Å². The third-order valence-corrected chi connectivity index (χ3v) is 3.26. The van der Waals surface area contributed by atoms with E-state index in [2.05, 4.69) is 5.32 Å². The molecule has 0 unspecified atom stereocenters. The number of aryl methyl sites for hydroxylation is 1. The summed E-state index contributed by atoms with van der Waals surface area (Å²) >= 11 is 0. The zero-order valence-corrected chi connectivity index (χ0v) is 12.4. The molecular formula is C16H19FN2O2. The van der Waals surface area contributed by atoms with E-state index in [-0.39, 0.29) is 5.82 Å². The summed E-state index contributed by atoms with van der Waals surface area (Å²) in [5.74, 6) is 1.04. The van der Waals surface area contributed by atoms with Gasteiger partial charge in [-0.2, -0.15) is 0 Å². The number of nitrogens with two attached hydrogens (primary N) is 1. The average Bonchev–Trinajstić information content (AvgIpc) is 2.49. The monoisotopic (exact) mass is 290 g/mol. The van der Waals surface area contributed by atoms with Crippen molar-refractivity contribution in [2.24, 2.45) is 0 Å². The Morgan fingerprint density at radius 3 is 2.48 bits per heavy atom. The van der Waals surface area contributed by atoms with E-state index in [1.165, 1.54) is 6.07 Å². The molecule has 0 heterocycles. The van der Waals surface area contributed by atoms with Crippen LogP contribution >= 0.6 is 0 Å². The Morgan fingerprint density at radius 1 is 1.10 bits per heavy atom. The minimum Gasteiger partial charge on any atom is -0.493 e. The Hall–Kier alpha value is -2.43. The Bertz CT molecular complexity index is 644. The Labute approximate surface area is 123 Å². The van der Waals surface area contributed by atoms with Crippen LogP contribution in [0.3, 0.4) is 0 Å². The largest absolute Gasteiger partial charge is 0.493 e. The number of rotatable bonds is 5. The second kappa shape index (κ2) is 6.35. The molecule has 0 aliphatic rings. The third-order valence-electron chi connectivity index (χ3n) is 3.26. The highest BCUT2D eigenvalue weighted by Gasteiger charge is 2.07. The van der Waals surface area contributed by atoms with Crippen LogP contribution in [0, 0.1) is 12.7 Å². The number of hydrogen-bond donors (Lipinski definition) is 2. The zero-order valence-electron chi connectivity index (χ0n) is 12.4. The van der Waals surface area contributed by atoms with E-state index in [9.17, 15) is 4.39 Å². The molecular weight excluding hydrogens is 271 g/mol. The molecule has 0 saturated heterocycles. The molecule has 112 valence electrons. The van der Waals surface area contributed by atoms with Gasteiger partial charge in [0.1, 0.15) is 5.82 Å². The quantitative estimate of drug-likeness (QED) is 0.829. The van der Waals surface area contributed by atoms with E-state index in [4.69, 9.17) is 15.2 Å². The standard InChI is InChI=1S/C16H19FN2O2/c1-10-6-14(13(18)8-12(10)17)19-9-11-4-5-15(20-2)16(7-11)21-3/h4-8,19H,9,18H2,1-3H3. The fraction of sp³-hybridized carbons (Fsp3) is 0.250. The smallest absolute Gasteiger partial charge is 0.161 e. The summed E-state index contributed by atoms with van der Waals surface area (Å²) in [6.45, 7) is 2.26. The number of halogens is 1. The highest BCUT2D eigenvalue weighted by Crippen LogP contribution is 2.28. The van der Waals surface area contributed by atoms with Gasteiger partial charge in [0, 0.05) is 6.54 Å². The normalized spacial score (nSPS) is 10.3. The van der Waals surface area contributed by atoms with Crippen LogP contribution in [0.4, 0.5) is 15.8 Å². The van der Waals surface area contributed by atoms with Gasteiger partial charge in [-0.25, -0.2) is 4.39 Å². The molecule has 5 heteroatoms. The maximum Gasteiger partial charge on any atom is 0.161 e. The molecule has 2 aromatic rings. The van der Waals surface area contributed by atoms with Crippen molar-refractivity contribution >= 4 is 11.4 Å². The fourth-order valence-electron chi connectivity index (χ4n) is 2.04. The maximum absolute atomic E-state index is 13.4. The van der Waals surface area contributed by atoms with E-state index < -0.39 is 0 Å². The molecule has 0 aliphatic carbocycles. The Kier molecular flexibility index (Phi) is 4.52. The molecule has 0 spiro atoms. The lowest BCUT2D eigenvalue weighted by molar-refractivity contribution is 0.354. The topological polar surface area (TPSA) is 56.5 Å². The highest BCUT2D eigenvalue weighted by molar-refractivity contribution is 5.67. The minimum absolute atomic E-state index is 0.302. The van der Waals surface area contributed by atoms with Crippen LogP contribution in [-0.2, 0) is 6.54 Å². The lowest BCUT2D eigenvalue weighted by atomic mass is 10.1. The second-order valence-corrected chi connectivity index (χ2v) is 4.73. The minimum atomic E-state index is -0.302. The summed E-state index contributed by atoms with van der Waals surface area (Å²) in [6.07, 6.45) is 0. The number of nitrogen functional groups attached to an aromatic ring is 1. The number of nitrogens with one attached hydrogen (secondary N) is 1. The molecule has 21 heavy (non-hydrogen) atoms. The molecule has 3 N–H and O–H groups in total. The lowest BCUT2D eigenvalue weighted by Crippen LogP contribution is -2.04. The van der Waals surface area contributed by atoms with E-state index in [1.807, 2.05) is 18.2 Å². The van der Waals surface area contributed by atoms with Gasteiger partial charge >= 0.3 is 0 Å². The molecule has 4 nitrogen and oxygen atoms in total. The predicted molar refractivity (Wildman–Crippen MR) is 82.4 cm³/mol. The maximum atomic E-state index is 13.4. The van der Waals surface area contributed by atoms with Crippen molar-refractivity contribution in [1.29, 1.82) is 0 Å². The summed E-state index contributed by atoms with van der Waals surface area (Å²) in [5.41, 5.74) is 8.47. The number of benzene rings is 2. The van der Waals surface area contributed by atoms with Crippen molar-refractivity contribution in [3.05, 3.63) is 47.3 Å². The van der Waals surface area contributed by atoms with Crippen LogP contribution in [-0.4, -0.2) is 14.2 Å². The SMILES string of the molecule is COc1ccc(CNc2cc(C)c(F)cc2N)cc1OC. The van der Waals surface area contributed by atoms with E-state index in [0.29, 0.717) is 35.0 Å². The van der Waals surface area contributed by atoms with Gasteiger partial charge in [-0.1, -0.05) is 6.07 Å². The van der Waals surface area contributed by atoms with Gasteiger partial charge in [0.2, 0.25) is 0 Å². The predicted octanol–water partition coefficient (Wildman–Crippen LogP) is 3.35. The number of ether oxygens (including phenoxy) is 2. The van der Waals surface area contributed by atoms with Crippen LogP contribution < -0.4 is 20.5 Å². The molecule has 0 bridgehead atoms. The van der Waals surface area contributed by atoms with Crippen LogP contribution in [0.2, 0.25) is 0 Å². The van der Waals surface area contributed by atoms with Gasteiger partial charge < -0.3 is 20.5 Å². The first-order valence-electron chi connectivity index (χ1n) is 6.55. The van der Waals surface area contributed by atoms with Crippen molar-refractivity contribution in [2.45, 2.75) is 13.5 Å². The van der Waals surface area contributed by atoms with Crippen molar-refractivity contribution in [1.82, 2.24) is 0 Å².